The summed E-state index contributed by atoms with van der Waals surface area (Å²) in [7, 11) is 4.53. The summed E-state index contributed by atoms with van der Waals surface area (Å²) < 4.78 is 5.70. The van der Waals surface area contributed by atoms with Gasteiger partial charge in [0.25, 0.3) is 0 Å². The van der Waals surface area contributed by atoms with Crippen LogP contribution in [0.3, 0.4) is 0 Å². The summed E-state index contributed by atoms with van der Waals surface area (Å²) in [4.78, 5) is 2.47. The van der Waals surface area contributed by atoms with Gasteiger partial charge in [-0.1, -0.05) is 25.7 Å². The van der Waals surface area contributed by atoms with E-state index in [-0.39, 0.29) is 0 Å². The van der Waals surface area contributed by atoms with Crippen molar-refractivity contribution in [2.75, 3.05) is 40.4 Å². The third-order valence-corrected chi connectivity index (χ3v) is 6.48. The molecule has 1 aliphatic heterocycles. The molecule has 2 saturated carbocycles. The minimum Gasteiger partial charge on any atom is -0.379 e. The standard InChI is InChI=1S/C19H37N3O/c1-22(2)19(15-7-4-3-5-8-15)13-21-17-10-6-9-16(17)18-14-23-12-11-20-18/h15-21H,3-14H2,1-2H3. The SMILES string of the molecule is CN(C)C(CNC1CCCC1C1COCCN1)C1CCCCC1. The zero-order valence-electron chi connectivity index (χ0n) is 15.2. The lowest BCUT2D eigenvalue weighted by Crippen LogP contribution is -2.53. The van der Waals surface area contributed by atoms with Crippen LogP contribution in [0.4, 0.5) is 0 Å². The molecule has 1 saturated heterocycles. The van der Waals surface area contributed by atoms with Crippen molar-refractivity contribution >= 4 is 0 Å². The normalized spacial score (nSPS) is 34.8. The maximum absolute atomic E-state index is 5.70. The number of likely N-dealkylation sites (N-methyl/N-ethyl adjacent to an activating group) is 1. The molecule has 2 aliphatic carbocycles. The zero-order chi connectivity index (χ0) is 16.1. The second-order valence-electron chi connectivity index (χ2n) is 8.17. The van der Waals surface area contributed by atoms with Gasteiger partial charge in [0.05, 0.1) is 13.2 Å². The first-order valence-electron chi connectivity index (χ1n) is 9.96. The van der Waals surface area contributed by atoms with E-state index in [9.17, 15) is 0 Å². The number of nitrogens with zero attached hydrogens (tertiary/aromatic N) is 1. The molecule has 0 amide bonds. The quantitative estimate of drug-likeness (QED) is 0.786. The highest BCUT2D eigenvalue weighted by atomic mass is 16.5. The van der Waals surface area contributed by atoms with Crippen LogP contribution in [0.25, 0.3) is 0 Å². The van der Waals surface area contributed by atoms with Gasteiger partial charge in [0.1, 0.15) is 0 Å². The molecule has 3 fully saturated rings. The van der Waals surface area contributed by atoms with Gasteiger partial charge in [-0.05, 0) is 51.6 Å². The lowest BCUT2D eigenvalue weighted by molar-refractivity contribution is 0.0514. The molecule has 23 heavy (non-hydrogen) atoms. The third-order valence-electron chi connectivity index (χ3n) is 6.48. The Labute approximate surface area is 142 Å². The van der Waals surface area contributed by atoms with Gasteiger partial charge in [-0.2, -0.15) is 0 Å². The molecule has 1 heterocycles. The van der Waals surface area contributed by atoms with Crippen LogP contribution in [-0.4, -0.2) is 63.4 Å². The Hall–Kier alpha value is -0.160. The molecule has 4 atom stereocenters. The van der Waals surface area contributed by atoms with Gasteiger partial charge in [-0.15, -0.1) is 0 Å². The number of rotatable bonds is 6. The van der Waals surface area contributed by atoms with Gasteiger partial charge >= 0.3 is 0 Å². The molecule has 2 N–H and O–H groups in total. The fraction of sp³-hybridized carbons (Fsp3) is 1.00. The van der Waals surface area contributed by atoms with Gasteiger partial charge < -0.3 is 20.3 Å². The van der Waals surface area contributed by atoms with Gasteiger partial charge in [0.2, 0.25) is 0 Å². The number of nitrogens with one attached hydrogen (secondary N) is 2. The lowest BCUT2D eigenvalue weighted by atomic mass is 9.83. The van der Waals surface area contributed by atoms with Gasteiger partial charge in [-0.25, -0.2) is 0 Å². The summed E-state index contributed by atoms with van der Waals surface area (Å²) in [6.45, 7) is 3.97. The second kappa shape index (κ2) is 8.80. The number of hydrogen-bond donors (Lipinski definition) is 2. The van der Waals surface area contributed by atoms with E-state index in [0.717, 1.165) is 38.1 Å². The topological polar surface area (TPSA) is 36.5 Å². The molecule has 4 heteroatoms. The largest absolute Gasteiger partial charge is 0.379 e. The van der Waals surface area contributed by atoms with Crippen LogP contribution in [0, 0.1) is 11.8 Å². The molecule has 134 valence electrons. The molecular formula is C19H37N3O. The first-order chi connectivity index (χ1) is 11.3. The minimum atomic E-state index is 0.566. The van der Waals surface area contributed by atoms with Crippen molar-refractivity contribution in [2.45, 2.75) is 69.5 Å². The van der Waals surface area contributed by atoms with Crippen LogP contribution in [0.2, 0.25) is 0 Å². The van der Waals surface area contributed by atoms with Gasteiger partial charge in [-0.3, -0.25) is 0 Å². The minimum absolute atomic E-state index is 0.566. The van der Waals surface area contributed by atoms with Crippen molar-refractivity contribution in [1.29, 1.82) is 0 Å². The summed E-state index contributed by atoms with van der Waals surface area (Å²) in [5.41, 5.74) is 0. The van der Waals surface area contributed by atoms with Crippen molar-refractivity contribution in [3.8, 4) is 0 Å². The predicted molar refractivity (Wildman–Crippen MR) is 95.8 cm³/mol. The first-order valence-corrected chi connectivity index (χ1v) is 9.96. The Morgan fingerprint density at radius 1 is 1.09 bits per heavy atom. The summed E-state index contributed by atoms with van der Waals surface area (Å²) in [6, 6.07) is 1.95. The van der Waals surface area contributed by atoms with Crippen LogP contribution in [0.1, 0.15) is 51.4 Å². The van der Waals surface area contributed by atoms with Crippen molar-refractivity contribution < 1.29 is 4.74 Å². The second-order valence-corrected chi connectivity index (χ2v) is 8.17. The van der Waals surface area contributed by atoms with E-state index < -0.39 is 0 Å². The van der Waals surface area contributed by atoms with E-state index in [1.165, 1.54) is 51.4 Å². The fourth-order valence-electron chi connectivity index (χ4n) is 5.15. The Morgan fingerprint density at radius 3 is 2.61 bits per heavy atom. The van der Waals surface area contributed by atoms with Crippen molar-refractivity contribution in [1.82, 2.24) is 15.5 Å². The van der Waals surface area contributed by atoms with E-state index in [4.69, 9.17) is 4.74 Å². The van der Waals surface area contributed by atoms with E-state index in [2.05, 4.69) is 29.6 Å². The summed E-state index contributed by atoms with van der Waals surface area (Å²) >= 11 is 0. The Bertz CT molecular complexity index is 338. The molecule has 0 spiro atoms. The molecular weight excluding hydrogens is 286 g/mol. The highest BCUT2D eigenvalue weighted by molar-refractivity contribution is 4.93. The summed E-state index contributed by atoms with van der Waals surface area (Å²) in [5, 5.41) is 7.66. The maximum Gasteiger partial charge on any atom is 0.0623 e. The number of ether oxygens (including phenoxy) is 1. The number of hydrogen-bond acceptors (Lipinski definition) is 4. The predicted octanol–water partition coefficient (Wildman–Crippen LogP) is 2.24. The molecule has 0 bridgehead atoms. The average molecular weight is 324 g/mol. The first kappa shape index (κ1) is 17.7. The molecule has 3 aliphatic rings. The molecule has 3 rings (SSSR count). The molecule has 0 aromatic heterocycles. The fourth-order valence-corrected chi connectivity index (χ4v) is 5.15. The number of morpholine rings is 1. The van der Waals surface area contributed by atoms with Crippen molar-refractivity contribution in [3.63, 3.8) is 0 Å². The van der Waals surface area contributed by atoms with E-state index in [0.29, 0.717) is 18.1 Å². The van der Waals surface area contributed by atoms with Crippen molar-refractivity contribution in [3.05, 3.63) is 0 Å². The molecule has 4 unspecified atom stereocenters. The highest BCUT2D eigenvalue weighted by Gasteiger charge is 2.35. The van der Waals surface area contributed by atoms with Crippen molar-refractivity contribution in [2.24, 2.45) is 11.8 Å². The van der Waals surface area contributed by atoms with E-state index in [1.807, 2.05) is 0 Å². The Kier molecular flexibility index (Phi) is 6.75. The monoisotopic (exact) mass is 323 g/mol. The lowest BCUT2D eigenvalue weighted by Gasteiger charge is -2.37. The van der Waals surface area contributed by atoms with E-state index in [1.54, 1.807) is 0 Å². The maximum atomic E-state index is 5.70. The van der Waals surface area contributed by atoms with Crippen LogP contribution in [0.15, 0.2) is 0 Å². The smallest absolute Gasteiger partial charge is 0.0623 e. The van der Waals surface area contributed by atoms with Gasteiger partial charge in [0, 0.05) is 31.2 Å². The van der Waals surface area contributed by atoms with Crippen LogP contribution in [-0.2, 0) is 4.74 Å². The molecule has 4 nitrogen and oxygen atoms in total. The van der Waals surface area contributed by atoms with Crippen LogP contribution < -0.4 is 10.6 Å². The van der Waals surface area contributed by atoms with E-state index >= 15 is 0 Å². The zero-order valence-corrected chi connectivity index (χ0v) is 15.2. The highest BCUT2D eigenvalue weighted by Crippen LogP contribution is 2.31. The van der Waals surface area contributed by atoms with Gasteiger partial charge in [0.15, 0.2) is 0 Å². The average Bonchev–Trinajstić information content (AvgIpc) is 3.05. The molecule has 0 radical (unpaired) electrons. The summed E-state index contributed by atoms with van der Waals surface area (Å²) in [6.07, 6.45) is 11.2. The van der Waals surface area contributed by atoms with Crippen LogP contribution >= 0.6 is 0 Å². The van der Waals surface area contributed by atoms with Crippen LogP contribution in [0.5, 0.6) is 0 Å². The Morgan fingerprint density at radius 2 is 1.91 bits per heavy atom. The summed E-state index contributed by atoms with van der Waals surface area (Å²) in [5.74, 6) is 1.65. The molecule has 0 aromatic rings. The molecule has 0 aromatic carbocycles. The third kappa shape index (κ3) is 4.68. The Balaban J connectivity index is 1.52.